The summed E-state index contributed by atoms with van der Waals surface area (Å²) in [6.45, 7) is 2.97. The van der Waals surface area contributed by atoms with Crippen molar-refractivity contribution in [3.05, 3.63) is 112 Å². The molecular formula is C29H28N6O4. The molecule has 5 rings (SSSR count). The third-order valence-electron chi connectivity index (χ3n) is 6.95. The van der Waals surface area contributed by atoms with Gasteiger partial charge in [-0.3, -0.25) is 24.7 Å². The van der Waals surface area contributed by atoms with Gasteiger partial charge in [-0.05, 0) is 61.7 Å². The first kappa shape index (κ1) is 25.8. The lowest BCUT2D eigenvalue weighted by Gasteiger charge is -2.32. The number of amides is 2. The molecule has 3 heterocycles. The van der Waals surface area contributed by atoms with Gasteiger partial charge in [-0.15, -0.1) is 0 Å². The number of carbonyl (C=O) groups is 2. The number of pyridine rings is 1. The van der Waals surface area contributed by atoms with E-state index in [9.17, 15) is 19.7 Å². The van der Waals surface area contributed by atoms with Gasteiger partial charge >= 0.3 is 0 Å². The Balaban J connectivity index is 1.24. The molecule has 1 fully saturated rings. The number of aromatic nitrogens is 3. The number of non-ortho nitro benzene ring substituents is 1. The van der Waals surface area contributed by atoms with E-state index in [2.05, 4.69) is 10.3 Å². The highest BCUT2D eigenvalue weighted by atomic mass is 16.6. The fraction of sp³-hybridized carbons (Fsp3) is 0.241. The Labute approximate surface area is 225 Å². The number of hydrogen-bond acceptors (Lipinski definition) is 6. The van der Waals surface area contributed by atoms with E-state index in [1.807, 2.05) is 54.1 Å². The van der Waals surface area contributed by atoms with Gasteiger partial charge in [-0.1, -0.05) is 12.1 Å². The van der Waals surface area contributed by atoms with Crippen LogP contribution < -0.4 is 5.32 Å². The molecule has 0 aliphatic carbocycles. The van der Waals surface area contributed by atoms with E-state index in [0.717, 1.165) is 17.1 Å². The van der Waals surface area contributed by atoms with E-state index in [-0.39, 0.29) is 29.8 Å². The second kappa shape index (κ2) is 11.3. The van der Waals surface area contributed by atoms with Crippen LogP contribution in [0, 0.1) is 17.0 Å². The predicted octanol–water partition coefficient (Wildman–Crippen LogP) is 4.68. The van der Waals surface area contributed by atoms with Crippen LogP contribution in [0.25, 0.3) is 5.69 Å². The van der Waals surface area contributed by atoms with E-state index in [0.29, 0.717) is 42.7 Å². The lowest BCUT2D eigenvalue weighted by molar-refractivity contribution is -0.384. The highest BCUT2D eigenvalue weighted by molar-refractivity contribution is 6.05. The standard InChI is InChI=1S/C29H28N6O4/c1-20-5-10-26(29(37)32-23-6-8-24(9-7-23)34-16-13-30-19-34)28(31-20)22-11-14-33(15-12-22)27(36)18-21-3-2-4-25(17-21)35(38)39/h2-10,13,16-17,19,22H,11-12,14-15,18H2,1H3,(H,32,37). The SMILES string of the molecule is Cc1ccc(C(=O)Nc2ccc(-n3ccnc3)cc2)c(C2CCN(C(=O)Cc3cccc([N+](=O)[O-])c3)CC2)n1. The smallest absolute Gasteiger partial charge is 0.269 e. The number of likely N-dealkylation sites (tertiary alicyclic amines) is 1. The van der Waals surface area contributed by atoms with Gasteiger partial charge in [-0.25, -0.2) is 4.98 Å². The Morgan fingerprint density at radius 2 is 1.85 bits per heavy atom. The van der Waals surface area contributed by atoms with Crippen molar-refractivity contribution in [3.8, 4) is 5.69 Å². The van der Waals surface area contributed by atoms with Gasteiger partial charge in [0.1, 0.15) is 0 Å². The summed E-state index contributed by atoms with van der Waals surface area (Å²) in [5.41, 5.74) is 4.31. The van der Waals surface area contributed by atoms with Crippen molar-refractivity contribution in [2.45, 2.75) is 32.1 Å². The van der Waals surface area contributed by atoms with Crippen molar-refractivity contribution in [1.29, 1.82) is 0 Å². The average molecular weight is 525 g/mol. The number of carbonyl (C=O) groups excluding carboxylic acids is 2. The van der Waals surface area contributed by atoms with E-state index in [4.69, 9.17) is 4.98 Å². The van der Waals surface area contributed by atoms with Gasteiger partial charge in [0.2, 0.25) is 5.91 Å². The molecule has 2 aromatic heterocycles. The molecule has 10 heteroatoms. The fourth-order valence-electron chi connectivity index (χ4n) is 4.88. The molecule has 0 bridgehead atoms. The first-order valence-corrected chi connectivity index (χ1v) is 12.8. The highest BCUT2D eigenvalue weighted by Crippen LogP contribution is 2.30. The molecule has 0 saturated carbocycles. The number of benzene rings is 2. The summed E-state index contributed by atoms with van der Waals surface area (Å²) in [5.74, 6) is -0.253. The molecule has 1 N–H and O–H groups in total. The minimum absolute atomic E-state index is 0.0236. The number of hydrogen-bond donors (Lipinski definition) is 1. The summed E-state index contributed by atoms with van der Waals surface area (Å²) in [7, 11) is 0. The molecular weight excluding hydrogens is 496 g/mol. The van der Waals surface area contributed by atoms with E-state index >= 15 is 0 Å². The molecule has 1 aliphatic rings. The highest BCUT2D eigenvalue weighted by Gasteiger charge is 2.28. The number of imidazole rings is 1. The summed E-state index contributed by atoms with van der Waals surface area (Å²) in [6, 6.07) is 17.3. The predicted molar refractivity (Wildman–Crippen MR) is 146 cm³/mol. The maximum Gasteiger partial charge on any atom is 0.269 e. The molecule has 198 valence electrons. The van der Waals surface area contributed by atoms with E-state index < -0.39 is 4.92 Å². The second-order valence-corrected chi connectivity index (χ2v) is 9.62. The Bertz CT molecular complexity index is 1490. The van der Waals surface area contributed by atoms with Crippen molar-refractivity contribution in [1.82, 2.24) is 19.4 Å². The minimum Gasteiger partial charge on any atom is -0.342 e. The number of aryl methyl sites for hydroxylation is 1. The molecule has 1 aliphatic heterocycles. The number of nitrogens with one attached hydrogen (secondary N) is 1. The lowest BCUT2D eigenvalue weighted by atomic mass is 9.89. The van der Waals surface area contributed by atoms with Crippen molar-refractivity contribution < 1.29 is 14.5 Å². The number of piperidine rings is 1. The van der Waals surface area contributed by atoms with Crippen molar-refractivity contribution >= 4 is 23.2 Å². The molecule has 1 saturated heterocycles. The zero-order valence-electron chi connectivity index (χ0n) is 21.5. The molecule has 0 atom stereocenters. The van der Waals surface area contributed by atoms with Crippen LogP contribution in [-0.2, 0) is 11.2 Å². The molecule has 0 radical (unpaired) electrons. The zero-order chi connectivity index (χ0) is 27.4. The van der Waals surface area contributed by atoms with Crippen LogP contribution in [0.15, 0.2) is 79.4 Å². The minimum atomic E-state index is -0.460. The van der Waals surface area contributed by atoms with Crippen LogP contribution in [0.3, 0.4) is 0 Å². The summed E-state index contributed by atoms with van der Waals surface area (Å²) in [5, 5.41) is 14.0. The normalized spacial score (nSPS) is 13.7. The maximum absolute atomic E-state index is 13.3. The Kier molecular flexibility index (Phi) is 7.44. The summed E-state index contributed by atoms with van der Waals surface area (Å²) < 4.78 is 1.88. The average Bonchev–Trinajstić information content (AvgIpc) is 3.49. The first-order chi connectivity index (χ1) is 18.9. The Hall–Kier alpha value is -4.86. The van der Waals surface area contributed by atoms with E-state index in [1.54, 1.807) is 29.6 Å². The van der Waals surface area contributed by atoms with Gasteiger partial charge in [0.05, 0.1) is 28.9 Å². The van der Waals surface area contributed by atoms with Crippen LogP contribution in [-0.4, -0.2) is 49.3 Å². The fourth-order valence-corrected chi connectivity index (χ4v) is 4.88. The van der Waals surface area contributed by atoms with Crippen LogP contribution in [0.2, 0.25) is 0 Å². The zero-order valence-corrected chi connectivity index (χ0v) is 21.5. The monoisotopic (exact) mass is 524 g/mol. The largest absolute Gasteiger partial charge is 0.342 e. The Morgan fingerprint density at radius 3 is 2.54 bits per heavy atom. The number of nitrogens with zero attached hydrogens (tertiary/aromatic N) is 5. The van der Waals surface area contributed by atoms with Gasteiger partial charge in [0.15, 0.2) is 0 Å². The maximum atomic E-state index is 13.3. The third kappa shape index (κ3) is 6.01. The molecule has 4 aromatic rings. The molecule has 0 spiro atoms. The van der Waals surface area contributed by atoms with Crippen LogP contribution >= 0.6 is 0 Å². The topological polar surface area (TPSA) is 123 Å². The number of anilines is 1. The number of nitro benzene ring substituents is 1. The van der Waals surface area contributed by atoms with Crippen molar-refractivity contribution in [2.75, 3.05) is 18.4 Å². The second-order valence-electron chi connectivity index (χ2n) is 9.62. The quantitative estimate of drug-likeness (QED) is 0.276. The van der Waals surface area contributed by atoms with Gasteiger partial charge in [-0.2, -0.15) is 0 Å². The van der Waals surface area contributed by atoms with Crippen molar-refractivity contribution in [2.24, 2.45) is 0 Å². The summed E-state index contributed by atoms with van der Waals surface area (Å²) in [6.07, 6.45) is 6.74. The number of nitro groups is 1. The molecule has 10 nitrogen and oxygen atoms in total. The summed E-state index contributed by atoms with van der Waals surface area (Å²) >= 11 is 0. The van der Waals surface area contributed by atoms with Gasteiger partial charge in [0, 0.05) is 60.6 Å². The Morgan fingerprint density at radius 1 is 1.08 bits per heavy atom. The van der Waals surface area contributed by atoms with Gasteiger partial charge in [0.25, 0.3) is 11.6 Å². The molecule has 2 amide bonds. The van der Waals surface area contributed by atoms with E-state index in [1.165, 1.54) is 12.1 Å². The van der Waals surface area contributed by atoms with Gasteiger partial charge < -0.3 is 14.8 Å². The first-order valence-electron chi connectivity index (χ1n) is 12.8. The van der Waals surface area contributed by atoms with Crippen molar-refractivity contribution in [3.63, 3.8) is 0 Å². The molecule has 39 heavy (non-hydrogen) atoms. The lowest BCUT2D eigenvalue weighted by Crippen LogP contribution is -2.39. The third-order valence-corrected chi connectivity index (χ3v) is 6.95. The number of rotatable bonds is 7. The molecule has 0 unspecified atom stereocenters. The summed E-state index contributed by atoms with van der Waals surface area (Å²) in [4.78, 5) is 47.3. The van der Waals surface area contributed by atoms with Crippen LogP contribution in [0.1, 0.15) is 46.1 Å². The van der Waals surface area contributed by atoms with Crippen LogP contribution in [0.5, 0.6) is 0 Å². The molecule has 2 aromatic carbocycles. The van der Waals surface area contributed by atoms with Crippen LogP contribution in [0.4, 0.5) is 11.4 Å².